The second-order valence-electron chi connectivity index (χ2n) is 6.40. The van der Waals surface area contributed by atoms with E-state index in [1.807, 2.05) is 51.1 Å². The highest BCUT2D eigenvalue weighted by Crippen LogP contribution is 2.19. The predicted octanol–water partition coefficient (Wildman–Crippen LogP) is 4.31. The quantitative estimate of drug-likeness (QED) is 0.762. The molecule has 3 nitrogen and oxygen atoms in total. The lowest BCUT2D eigenvalue weighted by Gasteiger charge is -2.31. The first-order chi connectivity index (χ1) is 9.83. The molecule has 0 bridgehead atoms. The molecule has 0 saturated heterocycles. The van der Waals surface area contributed by atoms with Crippen LogP contribution in [0.5, 0.6) is 0 Å². The van der Waals surface area contributed by atoms with Gasteiger partial charge in [-0.3, -0.25) is 0 Å². The number of amides is 1. The van der Waals surface area contributed by atoms with Gasteiger partial charge >= 0.3 is 6.09 Å². The molecule has 0 spiro atoms. The van der Waals surface area contributed by atoms with Gasteiger partial charge in [-0.25, -0.2) is 4.79 Å². The zero-order valence-electron chi connectivity index (χ0n) is 12.8. The molecule has 21 heavy (non-hydrogen) atoms. The van der Waals surface area contributed by atoms with E-state index in [2.05, 4.69) is 6.08 Å². The lowest BCUT2D eigenvalue weighted by molar-refractivity contribution is 0.0244. The van der Waals surface area contributed by atoms with Gasteiger partial charge in [0.2, 0.25) is 0 Å². The molecule has 0 radical (unpaired) electrons. The highest BCUT2D eigenvalue weighted by atomic mass is 35.5. The van der Waals surface area contributed by atoms with E-state index >= 15 is 0 Å². The van der Waals surface area contributed by atoms with Crippen LogP contribution in [-0.4, -0.2) is 29.7 Å². The first kappa shape index (κ1) is 15.9. The number of nitrogens with zero attached hydrogens (tertiary/aromatic N) is 1. The van der Waals surface area contributed by atoms with E-state index in [4.69, 9.17) is 16.3 Å². The Hall–Kier alpha value is -1.48. The number of benzene rings is 1. The van der Waals surface area contributed by atoms with Crippen molar-refractivity contribution in [2.24, 2.45) is 5.92 Å². The van der Waals surface area contributed by atoms with Crippen molar-refractivity contribution in [2.45, 2.75) is 32.8 Å². The molecule has 1 unspecified atom stereocenters. The van der Waals surface area contributed by atoms with E-state index in [9.17, 15) is 4.79 Å². The molecule has 1 aromatic rings. The van der Waals surface area contributed by atoms with Crippen LogP contribution in [0, 0.1) is 5.92 Å². The molecular weight excluding hydrogens is 286 g/mol. The fourth-order valence-electron chi connectivity index (χ4n) is 2.33. The number of ether oxygens (including phenoxy) is 1. The van der Waals surface area contributed by atoms with Gasteiger partial charge in [0, 0.05) is 18.1 Å². The Morgan fingerprint density at radius 3 is 2.62 bits per heavy atom. The van der Waals surface area contributed by atoms with Crippen LogP contribution in [0.2, 0.25) is 5.02 Å². The third-order valence-electron chi connectivity index (χ3n) is 3.25. The van der Waals surface area contributed by atoms with Crippen LogP contribution < -0.4 is 0 Å². The Kier molecular flexibility index (Phi) is 4.94. The minimum Gasteiger partial charge on any atom is -0.444 e. The summed E-state index contributed by atoms with van der Waals surface area (Å²) in [6, 6.07) is 7.86. The summed E-state index contributed by atoms with van der Waals surface area (Å²) in [5.74, 6) is 0.312. The van der Waals surface area contributed by atoms with Crippen molar-refractivity contribution in [3.63, 3.8) is 0 Å². The predicted molar refractivity (Wildman–Crippen MR) is 85.6 cm³/mol. The van der Waals surface area contributed by atoms with Crippen LogP contribution in [0.4, 0.5) is 4.79 Å². The van der Waals surface area contributed by atoms with Gasteiger partial charge in [-0.15, -0.1) is 0 Å². The van der Waals surface area contributed by atoms with Crippen LogP contribution in [-0.2, 0) is 11.2 Å². The summed E-state index contributed by atoms with van der Waals surface area (Å²) in [6.45, 7) is 6.96. The molecule has 1 aliphatic rings. The molecule has 1 amide bonds. The van der Waals surface area contributed by atoms with Gasteiger partial charge in [0.25, 0.3) is 0 Å². The second kappa shape index (κ2) is 6.52. The lowest BCUT2D eigenvalue weighted by atomic mass is 9.96. The topological polar surface area (TPSA) is 29.5 Å². The Bertz CT molecular complexity index is 517. The standard InChI is InChI=1S/C17H22ClNO2/c1-17(2,3)21-16(20)19-10-4-5-14(12-19)11-13-6-8-15(18)9-7-13/h4-9,14H,10-12H2,1-3H3. The highest BCUT2D eigenvalue weighted by molar-refractivity contribution is 6.30. The second-order valence-corrected chi connectivity index (χ2v) is 6.84. The number of hydrogen-bond donors (Lipinski definition) is 0. The van der Waals surface area contributed by atoms with Crippen molar-refractivity contribution in [3.05, 3.63) is 47.0 Å². The molecule has 114 valence electrons. The van der Waals surface area contributed by atoms with Crippen molar-refractivity contribution in [2.75, 3.05) is 13.1 Å². The minimum atomic E-state index is -0.454. The fraction of sp³-hybridized carbons (Fsp3) is 0.471. The van der Waals surface area contributed by atoms with E-state index in [1.54, 1.807) is 4.90 Å². The SMILES string of the molecule is CC(C)(C)OC(=O)N1CC=CC(Cc2ccc(Cl)cc2)C1. The average molecular weight is 308 g/mol. The molecule has 0 saturated carbocycles. The summed E-state index contributed by atoms with van der Waals surface area (Å²) >= 11 is 5.90. The number of halogens is 1. The molecule has 0 fully saturated rings. The normalized spacial score (nSPS) is 18.7. The number of carbonyl (C=O) groups is 1. The largest absolute Gasteiger partial charge is 0.444 e. The smallest absolute Gasteiger partial charge is 0.410 e. The van der Waals surface area contributed by atoms with Gasteiger partial charge in [-0.1, -0.05) is 35.9 Å². The zero-order valence-corrected chi connectivity index (χ0v) is 13.6. The Morgan fingerprint density at radius 2 is 2.00 bits per heavy atom. The van der Waals surface area contributed by atoms with Crippen molar-refractivity contribution >= 4 is 17.7 Å². The van der Waals surface area contributed by atoms with Gasteiger partial charge in [0.15, 0.2) is 0 Å². The summed E-state index contributed by atoms with van der Waals surface area (Å²) in [5, 5.41) is 0.744. The van der Waals surface area contributed by atoms with Gasteiger partial charge in [0.1, 0.15) is 5.60 Å². The van der Waals surface area contributed by atoms with Gasteiger partial charge < -0.3 is 9.64 Å². The van der Waals surface area contributed by atoms with Gasteiger partial charge in [0.05, 0.1) is 0 Å². The Labute approximate surface area is 131 Å². The fourth-order valence-corrected chi connectivity index (χ4v) is 2.46. The highest BCUT2D eigenvalue weighted by Gasteiger charge is 2.25. The summed E-state index contributed by atoms with van der Waals surface area (Å²) < 4.78 is 5.43. The molecule has 4 heteroatoms. The van der Waals surface area contributed by atoms with E-state index in [1.165, 1.54) is 5.56 Å². The molecule has 1 atom stereocenters. The molecule has 0 N–H and O–H groups in total. The monoisotopic (exact) mass is 307 g/mol. The lowest BCUT2D eigenvalue weighted by Crippen LogP contribution is -2.41. The summed E-state index contributed by atoms with van der Waals surface area (Å²) in [4.78, 5) is 13.9. The van der Waals surface area contributed by atoms with Crippen molar-refractivity contribution in [3.8, 4) is 0 Å². The maximum Gasteiger partial charge on any atom is 0.410 e. The van der Waals surface area contributed by atoms with Crippen LogP contribution >= 0.6 is 11.6 Å². The molecule has 0 aliphatic carbocycles. The molecule has 1 aromatic carbocycles. The Morgan fingerprint density at radius 1 is 1.33 bits per heavy atom. The first-order valence-electron chi connectivity index (χ1n) is 7.22. The third-order valence-corrected chi connectivity index (χ3v) is 3.50. The molecule has 2 rings (SSSR count). The number of rotatable bonds is 2. The molecular formula is C17H22ClNO2. The van der Waals surface area contributed by atoms with Crippen molar-refractivity contribution in [1.29, 1.82) is 0 Å². The first-order valence-corrected chi connectivity index (χ1v) is 7.60. The minimum absolute atomic E-state index is 0.243. The Balaban J connectivity index is 1.94. The zero-order chi connectivity index (χ0) is 15.5. The third kappa shape index (κ3) is 5.09. The summed E-state index contributed by atoms with van der Waals surface area (Å²) in [7, 11) is 0. The average Bonchev–Trinajstić information content (AvgIpc) is 2.40. The number of carbonyl (C=O) groups excluding carboxylic acids is 1. The van der Waals surface area contributed by atoms with E-state index in [0.29, 0.717) is 19.0 Å². The van der Waals surface area contributed by atoms with Crippen LogP contribution in [0.1, 0.15) is 26.3 Å². The number of hydrogen-bond acceptors (Lipinski definition) is 2. The molecule has 1 heterocycles. The maximum absolute atomic E-state index is 12.1. The van der Waals surface area contributed by atoms with Gasteiger partial charge in [-0.2, -0.15) is 0 Å². The van der Waals surface area contributed by atoms with E-state index < -0.39 is 5.60 Å². The van der Waals surface area contributed by atoms with Crippen LogP contribution in [0.3, 0.4) is 0 Å². The summed E-state index contributed by atoms with van der Waals surface area (Å²) in [6.07, 6.45) is 4.86. The maximum atomic E-state index is 12.1. The molecule has 1 aliphatic heterocycles. The van der Waals surface area contributed by atoms with E-state index in [0.717, 1.165) is 11.4 Å². The van der Waals surface area contributed by atoms with Gasteiger partial charge in [-0.05, 0) is 50.8 Å². The van der Waals surface area contributed by atoms with E-state index in [-0.39, 0.29) is 6.09 Å². The van der Waals surface area contributed by atoms with Crippen molar-refractivity contribution < 1.29 is 9.53 Å². The van der Waals surface area contributed by atoms with Crippen LogP contribution in [0.25, 0.3) is 0 Å². The molecule has 0 aromatic heterocycles. The van der Waals surface area contributed by atoms with Crippen molar-refractivity contribution in [1.82, 2.24) is 4.90 Å². The van der Waals surface area contributed by atoms with Crippen LogP contribution in [0.15, 0.2) is 36.4 Å². The summed E-state index contributed by atoms with van der Waals surface area (Å²) in [5.41, 5.74) is 0.768.